The van der Waals surface area contributed by atoms with Crippen LogP contribution in [0.1, 0.15) is 57.2 Å². The van der Waals surface area contributed by atoms with Crippen LogP contribution in [-0.4, -0.2) is 0 Å². The molecule has 0 amide bonds. The maximum atomic E-state index is 3.93. The zero-order chi connectivity index (χ0) is 12.2. The normalized spacial score (nSPS) is 11.5. The second-order valence-electron chi connectivity index (χ2n) is 5.44. The largest absolute Gasteiger partial charge is 0.0985 e. The van der Waals surface area contributed by atoms with E-state index in [0.717, 1.165) is 0 Å². The molecule has 0 aliphatic rings. The standard InChI is InChI=1S/C16H24/c1-6-8-10-14-12-9-11-13(7-2)15(14)16(3,4)5/h7,9,11-12H,2,6,8,10H2,1,3-5H3. The Hall–Kier alpha value is -1.04. The molecule has 0 saturated heterocycles. The lowest BCUT2D eigenvalue weighted by molar-refractivity contribution is 0.578. The van der Waals surface area contributed by atoms with Crippen LogP contribution >= 0.6 is 0 Å². The SMILES string of the molecule is C=Cc1cccc(CCCC)c1C(C)(C)C. The van der Waals surface area contributed by atoms with Crippen molar-refractivity contribution in [2.75, 3.05) is 0 Å². The summed E-state index contributed by atoms with van der Waals surface area (Å²) in [5.41, 5.74) is 4.46. The van der Waals surface area contributed by atoms with E-state index < -0.39 is 0 Å². The zero-order valence-corrected chi connectivity index (χ0v) is 11.1. The number of hydrogen-bond donors (Lipinski definition) is 0. The van der Waals surface area contributed by atoms with Gasteiger partial charge in [-0.2, -0.15) is 0 Å². The van der Waals surface area contributed by atoms with Crippen LogP contribution in [0.4, 0.5) is 0 Å². The lowest BCUT2D eigenvalue weighted by atomic mass is 9.79. The van der Waals surface area contributed by atoms with Crippen molar-refractivity contribution in [3.05, 3.63) is 41.5 Å². The molecule has 1 rings (SSSR count). The van der Waals surface area contributed by atoms with Crippen molar-refractivity contribution in [2.24, 2.45) is 0 Å². The Morgan fingerprint density at radius 3 is 2.44 bits per heavy atom. The molecule has 0 heteroatoms. The molecule has 0 heterocycles. The first-order valence-electron chi connectivity index (χ1n) is 6.25. The van der Waals surface area contributed by atoms with E-state index in [9.17, 15) is 0 Å². The molecule has 0 nitrogen and oxygen atoms in total. The third-order valence-electron chi connectivity index (χ3n) is 2.95. The monoisotopic (exact) mass is 216 g/mol. The summed E-state index contributed by atoms with van der Waals surface area (Å²) in [7, 11) is 0. The average molecular weight is 216 g/mol. The maximum absolute atomic E-state index is 3.93. The van der Waals surface area contributed by atoms with E-state index >= 15 is 0 Å². The minimum absolute atomic E-state index is 0.202. The van der Waals surface area contributed by atoms with Gasteiger partial charge in [0, 0.05) is 0 Å². The fraction of sp³-hybridized carbons (Fsp3) is 0.500. The zero-order valence-electron chi connectivity index (χ0n) is 11.1. The van der Waals surface area contributed by atoms with Gasteiger partial charge in [0.2, 0.25) is 0 Å². The number of aryl methyl sites for hydroxylation is 1. The Balaban J connectivity index is 3.21. The van der Waals surface area contributed by atoms with E-state index in [4.69, 9.17) is 0 Å². The predicted octanol–water partition coefficient (Wildman–Crippen LogP) is 4.97. The highest BCUT2D eigenvalue weighted by Gasteiger charge is 2.19. The summed E-state index contributed by atoms with van der Waals surface area (Å²) in [6.45, 7) is 13.0. The highest BCUT2D eigenvalue weighted by molar-refractivity contribution is 5.56. The van der Waals surface area contributed by atoms with Crippen LogP contribution in [0, 0.1) is 0 Å². The summed E-state index contributed by atoms with van der Waals surface area (Å²) in [5.74, 6) is 0. The van der Waals surface area contributed by atoms with Crippen molar-refractivity contribution < 1.29 is 0 Å². The Kier molecular flexibility index (Phi) is 4.35. The predicted molar refractivity (Wildman–Crippen MR) is 73.8 cm³/mol. The molecule has 0 aliphatic heterocycles. The van der Waals surface area contributed by atoms with Gasteiger partial charge in [0.05, 0.1) is 0 Å². The molecule has 88 valence electrons. The van der Waals surface area contributed by atoms with Crippen LogP contribution in [-0.2, 0) is 11.8 Å². The summed E-state index contributed by atoms with van der Waals surface area (Å²) in [4.78, 5) is 0. The Morgan fingerprint density at radius 1 is 1.25 bits per heavy atom. The van der Waals surface area contributed by atoms with Crippen LogP contribution in [0.25, 0.3) is 6.08 Å². The number of unbranched alkanes of at least 4 members (excludes halogenated alkanes) is 1. The number of rotatable bonds is 4. The Bertz CT molecular complexity index is 353. The summed E-state index contributed by atoms with van der Waals surface area (Å²) < 4.78 is 0. The van der Waals surface area contributed by atoms with Crippen molar-refractivity contribution in [2.45, 2.75) is 52.4 Å². The molecule has 0 aliphatic carbocycles. The first kappa shape index (κ1) is 13.0. The smallest absolute Gasteiger partial charge is 0.0123 e. The van der Waals surface area contributed by atoms with E-state index in [-0.39, 0.29) is 5.41 Å². The summed E-state index contributed by atoms with van der Waals surface area (Å²) in [6.07, 6.45) is 5.69. The van der Waals surface area contributed by atoms with Crippen LogP contribution in [0.15, 0.2) is 24.8 Å². The molecule has 0 N–H and O–H groups in total. The number of hydrogen-bond acceptors (Lipinski definition) is 0. The van der Waals surface area contributed by atoms with Gasteiger partial charge in [0.1, 0.15) is 0 Å². The van der Waals surface area contributed by atoms with Crippen LogP contribution in [0.5, 0.6) is 0 Å². The van der Waals surface area contributed by atoms with Crippen molar-refractivity contribution in [1.82, 2.24) is 0 Å². The first-order valence-corrected chi connectivity index (χ1v) is 6.25. The lowest BCUT2D eigenvalue weighted by Crippen LogP contribution is -2.16. The van der Waals surface area contributed by atoms with Gasteiger partial charge in [0.15, 0.2) is 0 Å². The average Bonchev–Trinajstić information content (AvgIpc) is 2.24. The van der Waals surface area contributed by atoms with Crippen LogP contribution < -0.4 is 0 Å². The lowest BCUT2D eigenvalue weighted by Gasteiger charge is -2.25. The third kappa shape index (κ3) is 2.98. The third-order valence-corrected chi connectivity index (χ3v) is 2.95. The first-order chi connectivity index (χ1) is 7.50. The Labute approximate surface area is 100 Å². The molecule has 0 spiro atoms. The summed E-state index contributed by atoms with van der Waals surface area (Å²) in [6, 6.07) is 6.59. The van der Waals surface area contributed by atoms with Gasteiger partial charge in [-0.05, 0) is 34.9 Å². The molecule has 16 heavy (non-hydrogen) atoms. The highest BCUT2D eigenvalue weighted by Crippen LogP contribution is 2.31. The fourth-order valence-electron chi connectivity index (χ4n) is 2.28. The highest BCUT2D eigenvalue weighted by atomic mass is 14.2. The molecule has 1 aromatic rings. The minimum Gasteiger partial charge on any atom is -0.0985 e. The molecule has 0 bridgehead atoms. The summed E-state index contributed by atoms with van der Waals surface area (Å²) >= 11 is 0. The van der Waals surface area contributed by atoms with Gasteiger partial charge >= 0.3 is 0 Å². The molecular weight excluding hydrogens is 192 g/mol. The molecule has 0 unspecified atom stereocenters. The molecule has 0 radical (unpaired) electrons. The van der Waals surface area contributed by atoms with E-state index in [0.29, 0.717) is 0 Å². The Morgan fingerprint density at radius 2 is 1.94 bits per heavy atom. The molecule has 0 aromatic heterocycles. The minimum atomic E-state index is 0.202. The number of benzene rings is 1. The van der Waals surface area contributed by atoms with Crippen molar-refractivity contribution in [3.63, 3.8) is 0 Å². The van der Waals surface area contributed by atoms with Crippen molar-refractivity contribution >= 4 is 6.08 Å². The van der Waals surface area contributed by atoms with E-state index in [1.807, 2.05) is 6.08 Å². The topological polar surface area (TPSA) is 0 Å². The van der Waals surface area contributed by atoms with Crippen LogP contribution in [0.3, 0.4) is 0 Å². The second kappa shape index (κ2) is 5.34. The van der Waals surface area contributed by atoms with Gasteiger partial charge in [-0.15, -0.1) is 0 Å². The van der Waals surface area contributed by atoms with E-state index in [1.165, 1.54) is 36.0 Å². The fourth-order valence-corrected chi connectivity index (χ4v) is 2.28. The van der Waals surface area contributed by atoms with Gasteiger partial charge < -0.3 is 0 Å². The van der Waals surface area contributed by atoms with Gasteiger partial charge in [-0.1, -0.05) is 65.0 Å². The van der Waals surface area contributed by atoms with Crippen molar-refractivity contribution in [3.8, 4) is 0 Å². The molecule has 0 saturated carbocycles. The quantitative estimate of drug-likeness (QED) is 0.666. The molecular formula is C16H24. The molecule has 0 fully saturated rings. The molecule has 1 aromatic carbocycles. The van der Waals surface area contributed by atoms with E-state index in [2.05, 4.69) is 52.5 Å². The van der Waals surface area contributed by atoms with Gasteiger partial charge in [-0.3, -0.25) is 0 Å². The van der Waals surface area contributed by atoms with Crippen molar-refractivity contribution in [1.29, 1.82) is 0 Å². The summed E-state index contributed by atoms with van der Waals surface area (Å²) in [5, 5.41) is 0. The second-order valence-corrected chi connectivity index (χ2v) is 5.44. The van der Waals surface area contributed by atoms with Gasteiger partial charge in [-0.25, -0.2) is 0 Å². The van der Waals surface area contributed by atoms with Crippen LogP contribution in [0.2, 0.25) is 0 Å². The van der Waals surface area contributed by atoms with E-state index in [1.54, 1.807) is 0 Å². The molecule has 0 atom stereocenters. The van der Waals surface area contributed by atoms with Gasteiger partial charge in [0.25, 0.3) is 0 Å². The maximum Gasteiger partial charge on any atom is -0.0123 e.